The summed E-state index contributed by atoms with van der Waals surface area (Å²) < 4.78 is 1.48. The van der Waals surface area contributed by atoms with Crippen molar-refractivity contribution in [1.82, 2.24) is 14.9 Å². The molecule has 3 radical (unpaired) electrons. The molecule has 0 amide bonds. The second-order valence-electron chi connectivity index (χ2n) is 3.67. The Labute approximate surface area is 96.9 Å². The summed E-state index contributed by atoms with van der Waals surface area (Å²) in [4.78, 5) is 2.05. The fourth-order valence-corrected chi connectivity index (χ4v) is 1.41. The minimum Gasteiger partial charge on any atom is -0.378 e. The molecule has 1 aromatic carbocycles. The first-order valence-electron chi connectivity index (χ1n) is 4.95. The van der Waals surface area contributed by atoms with Gasteiger partial charge in [0.25, 0.3) is 0 Å². The lowest BCUT2D eigenvalue weighted by Crippen LogP contribution is -2.07. The minimum absolute atomic E-state index is 0.812. The van der Waals surface area contributed by atoms with Crippen LogP contribution in [0.25, 0.3) is 11.3 Å². The van der Waals surface area contributed by atoms with Crippen molar-refractivity contribution < 1.29 is 0 Å². The smallest absolute Gasteiger partial charge is 0.221 e. The van der Waals surface area contributed by atoms with Crippen molar-refractivity contribution in [1.29, 1.82) is 0 Å². The SMILES string of the molecule is [B][B]n1cc(-c2ccc(N(C)C)cc2)nn1. The van der Waals surface area contributed by atoms with Crippen LogP contribution in [0, 0.1) is 0 Å². The van der Waals surface area contributed by atoms with Gasteiger partial charge in [-0.25, -0.2) is 0 Å². The van der Waals surface area contributed by atoms with Gasteiger partial charge >= 0.3 is 0 Å². The van der Waals surface area contributed by atoms with Gasteiger partial charge in [-0.1, -0.05) is 17.3 Å². The highest BCUT2D eigenvalue weighted by atomic mass is 15.4. The van der Waals surface area contributed by atoms with E-state index in [-0.39, 0.29) is 0 Å². The maximum atomic E-state index is 5.33. The molecule has 0 atom stereocenters. The van der Waals surface area contributed by atoms with Crippen molar-refractivity contribution in [3.05, 3.63) is 30.5 Å². The van der Waals surface area contributed by atoms with E-state index in [2.05, 4.69) is 10.3 Å². The van der Waals surface area contributed by atoms with Crippen LogP contribution in [-0.2, 0) is 0 Å². The zero-order valence-electron chi connectivity index (χ0n) is 9.33. The Morgan fingerprint density at radius 2 is 1.94 bits per heavy atom. The Bertz CT molecular complexity index is 464. The second-order valence-corrected chi connectivity index (χ2v) is 3.67. The van der Waals surface area contributed by atoms with E-state index in [9.17, 15) is 0 Å². The van der Waals surface area contributed by atoms with E-state index >= 15 is 0 Å². The van der Waals surface area contributed by atoms with Crippen molar-refractivity contribution in [2.75, 3.05) is 19.0 Å². The van der Waals surface area contributed by atoms with E-state index < -0.39 is 0 Å². The molecular formula is C10H11B2N4. The number of hydrogen-bond acceptors (Lipinski definition) is 3. The molecule has 1 heterocycles. The van der Waals surface area contributed by atoms with Gasteiger partial charge in [-0.3, -0.25) is 0 Å². The van der Waals surface area contributed by atoms with Gasteiger partial charge in [0.2, 0.25) is 7.31 Å². The summed E-state index contributed by atoms with van der Waals surface area (Å²) in [6.45, 7) is 0. The van der Waals surface area contributed by atoms with Crippen LogP contribution in [0.5, 0.6) is 0 Å². The Balaban J connectivity index is 2.27. The zero-order valence-corrected chi connectivity index (χ0v) is 9.33. The molecule has 4 nitrogen and oxygen atoms in total. The van der Waals surface area contributed by atoms with Crippen LogP contribution in [0.4, 0.5) is 5.69 Å². The lowest BCUT2D eigenvalue weighted by Gasteiger charge is -2.11. The summed E-state index contributed by atoms with van der Waals surface area (Å²) in [5.41, 5.74) is 2.99. The molecule has 0 aliphatic rings. The standard InChI is InChI=1S/C10H11B2N4/c1-15(2)9-5-3-8(4-6-9)10-7-16(12-11)14-13-10/h3-7H,1-2H3. The molecule has 0 unspecified atom stereocenters. The molecule has 77 valence electrons. The van der Waals surface area contributed by atoms with Gasteiger partial charge in [-0.2, -0.15) is 0 Å². The van der Waals surface area contributed by atoms with Crippen LogP contribution in [0.2, 0.25) is 0 Å². The van der Waals surface area contributed by atoms with Crippen molar-refractivity contribution in [2.24, 2.45) is 0 Å². The van der Waals surface area contributed by atoms with E-state index in [0.717, 1.165) is 16.9 Å². The minimum atomic E-state index is 0.812. The van der Waals surface area contributed by atoms with Gasteiger partial charge < -0.3 is 9.49 Å². The Hall–Kier alpha value is -1.71. The maximum absolute atomic E-state index is 5.33. The second kappa shape index (κ2) is 4.43. The summed E-state index contributed by atoms with van der Waals surface area (Å²) in [6, 6.07) is 8.11. The summed E-state index contributed by atoms with van der Waals surface area (Å²) >= 11 is 0. The highest BCUT2D eigenvalue weighted by molar-refractivity contribution is 6.88. The van der Waals surface area contributed by atoms with Crippen LogP contribution >= 0.6 is 0 Å². The van der Waals surface area contributed by atoms with Crippen molar-refractivity contribution in [3.8, 4) is 11.3 Å². The van der Waals surface area contributed by atoms with Gasteiger partial charge in [-0.05, 0) is 12.1 Å². The average Bonchev–Trinajstić information content (AvgIpc) is 2.77. The predicted molar refractivity (Wildman–Crippen MR) is 66.7 cm³/mol. The molecular weight excluding hydrogens is 198 g/mol. The topological polar surface area (TPSA) is 34.0 Å². The molecule has 1 aromatic heterocycles. The van der Waals surface area contributed by atoms with Gasteiger partial charge in [-0.15, -0.1) is 5.10 Å². The molecule has 16 heavy (non-hydrogen) atoms. The predicted octanol–water partition coefficient (Wildman–Crippen LogP) is 0.562. The maximum Gasteiger partial charge on any atom is 0.221 e. The van der Waals surface area contributed by atoms with E-state index in [1.807, 2.05) is 43.3 Å². The molecule has 6 heteroatoms. The Morgan fingerprint density at radius 3 is 2.44 bits per heavy atom. The monoisotopic (exact) mass is 209 g/mol. The molecule has 2 rings (SSSR count). The van der Waals surface area contributed by atoms with Crippen LogP contribution in [0.1, 0.15) is 0 Å². The number of benzene rings is 1. The summed E-state index contributed by atoms with van der Waals surface area (Å²) in [6.07, 6.45) is 1.78. The number of anilines is 1. The average molecular weight is 209 g/mol. The third-order valence-corrected chi connectivity index (χ3v) is 2.34. The first-order valence-corrected chi connectivity index (χ1v) is 4.95. The van der Waals surface area contributed by atoms with Gasteiger partial charge in [0, 0.05) is 39.3 Å². The molecule has 0 bridgehead atoms. The number of rotatable bonds is 3. The number of nitrogens with zero attached hydrogens (tertiary/aromatic N) is 4. The summed E-state index contributed by atoms with van der Waals surface area (Å²) in [5.74, 6) is 0. The molecule has 0 aliphatic heterocycles. The Morgan fingerprint density at radius 1 is 1.25 bits per heavy atom. The fraction of sp³-hybridized carbons (Fsp3) is 0.200. The van der Waals surface area contributed by atoms with Gasteiger partial charge in [0.15, 0.2) is 0 Å². The Kier molecular flexibility index (Phi) is 2.99. The quantitative estimate of drug-likeness (QED) is 0.692. The highest BCUT2D eigenvalue weighted by Crippen LogP contribution is 2.19. The lowest BCUT2D eigenvalue weighted by atomic mass is 9.67. The zero-order chi connectivity index (χ0) is 11.5. The molecule has 0 saturated carbocycles. The molecule has 0 spiro atoms. The van der Waals surface area contributed by atoms with E-state index in [1.54, 1.807) is 6.20 Å². The van der Waals surface area contributed by atoms with Crippen molar-refractivity contribution in [2.45, 2.75) is 0 Å². The molecule has 0 saturated heterocycles. The first kappa shape index (κ1) is 10.8. The van der Waals surface area contributed by atoms with Crippen LogP contribution < -0.4 is 4.90 Å². The largest absolute Gasteiger partial charge is 0.378 e. The normalized spacial score (nSPS) is 10.1. The van der Waals surface area contributed by atoms with Crippen LogP contribution in [0.15, 0.2) is 30.5 Å². The van der Waals surface area contributed by atoms with Crippen LogP contribution in [-0.4, -0.2) is 44.0 Å². The van der Waals surface area contributed by atoms with Gasteiger partial charge in [0.1, 0.15) is 5.69 Å². The number of aromatic nitrogens is 3. The summed E-state index contributed by atoms with van der Waals surface area (Å²) in [7, 11) is 10.7. The lowest BCUT2D eigenvalue weighted by molar-refractivity contribution is 0.876. The molecule has 0 N–H and O–H groups in total. The van der Waals surface area contributed by atoms with Crippen molar-refractivity contribution in [3.63, 3.8) is 0 Å². The van der Waals surface area contributed by atoms with E-state index in [0.29, 0.717) is 0 Å². The molecule has 0 aliphatic carbocycles. The highest BCUT2D eigenvalue weighted by Gasteiger charge is 2.03. The molecule has 0 fully saturated rings. The van der Waals surface area contributed by atoms with Gasteiger partial charge in [0.05, 0.1) is 0 Å². The third-order valence-electron chi connectivity index (χ3n) is 2.34. The molecule has 2 aromatic rings. The third kappa shape index (κ3) is 2.10. The fourth-order valence-electron chi connectivity index (χ4n) is 1.41. The van der Waals surface area contributed by atoms with Crippen LogP contribution in [0.3, 0.4) is 0 Å². The number of hydrogen-bond donors (Lipinski definition) is 0. The summed E-state index contributed by atoms with van der Waals surface area (Å²) in [5, 5.41) is 7.86. The van der Waals surface area contributed by atoms with E-state index in [1.165, 1.54) is 11.9 Å². The van der Waals surface area contributed by atoms with E-state index in [4.69, 9.17) is 7.74 Å². The first-order chi connectivity index (χ1) is 7.70. The van der Waals surface area contributed by atoms with Crippen molar-refractivity contribution >= 4 is 20.7 Å².